The molecule has 0 saturated heterocycles. The van der Waals surface area contributed by atoms with Crippen molar-refractivity contribution in [3.63, 3.8) is 0 Å². The predicted octanol–water partition coefficient (Wildman–Crippen LogP) is 5.35. The first-order valence-electron chi connectivity index (χ1n) is 8.61. The first-order chi connectivity index (χ1) is 12.3. The van der Waals surface area contributed by atoms with Gasteiger partial charge in [-0.05, 0) is 41.3 Å². The zero-order valence-corrected chi connectivity index (χ0v) is 14.3. The van der Waals surface area contributed by atoms with Crippen LogP contribution in [0.25, 0.3) is 11.1 Å². The summed E-state index contributed by atoms with van der Waals surface area (Å²) in [7, 11) is 0. The Morgan fingerprint density at radius 3 is 2.52 bits per heavy atom. The van der Waals surface area contributed by atoms with Gasteiger partial charge in [0.15, 0.2) is 0 Å². The van der Waals surface area contributed by atoms with E-state index in [1.165, 1.54) is 27.8 Å². The topological polar surface area (TPSA) is 25.2 Å². The molecule has 0 unspecified atom stereocenters. The van der Waals surface area contributed by atoms with E-state index in [2.05, 4.69) is 77.6 Å². The Morgan fingerprint density at radius 1 is 0.880 bits per heavy atom. The van der Waals surface area contributed by atoms with Gasteiger partial charge in [-0.25, -0.2) is 0 Å². The van der Waals surface area contributed by atoms with Crippen LogP contribution in [0.5, 0.6) is 0 Å². The van der Waals surface area contributed by atoms with Gasteiger partial charge in [-0.15, -0.1) is 0 Å². The van der Waals surface area contributed by atoms with Crippen LogP contribution in [0, 0.1) is 6.92 Å². The SMILES string of the molecule is Cc1cccc(-c2cccc(Cc3cc(C4=NC=CC4)ccn3)c2)c1. The molecule has 3 aromatic rings. The quantitative estimate of drug-likeness (QED) is 0.634. The number of aryl methyl sites for hydroxylation is 1. The summed E-state index contributed by atoms with van der Waals surface area (Å²) in [4.78, 5) is 8.97. The van der Waals surface area contributed by atoms with E-state index in [0.29, 0.717) is 0 Å². The van der Waals surface area contributed by atoms with Crippen LogP contribution in [-0.4, -0.2) is 10.7 Å². The van der Waals surface area contributed by atoms with Gasteiger partial charge in [-0.2, -0.15) is 0 Å². The zero-order chi connectivity index (χ0) is 17.1. The minimum absolute atomic E-state index is 0.828. The van der Waals surface area contributed by atoms with Gasteiger partial charge in [0.1, 0.15) is 0 Å². The smallest absolute Gasteiger partial charge is 0.0515 e. The lowest BCUT2D eigenvalue weighted by Gasteiger charge is -2.08. The van der Waals surface area contributed by atoms with Crippen LogP contribution in [0.4, 0.5) is 0 Å². The molecule has 0 amide bonds. The second kappa shape index (κ2) is 6.86. The van der Waals surface area contributed by atoms with Gasteiger partial charge in [-0.3, -0.25) is 9.98 Å². The summed E-state index contributed by atoms with van der Waals surface area (Å²) in [5.41, 5.74) is 8.44. The van der Waals surface area contributed by atoms with E-state index in [9.17, 15) is 0 Å². The summed E-state index contributed by atoms with van der Waals surface area (Å²) in [6.45, 7) is 2.13. The lowest BCUT2D eigenvalue weighted by atomic mass is 9.99. The van der Waals surface area contributed by atoms with Crippen molar-refractivity contribution < 1.29 is 0 Å². The van der Waals surface area contributed by atoms with Gasteiger partial charge in [0.2, 0.25) is 0 Å². The summed E-state index contributed by atoms with van der Waals surface area (Å²) in [6.07, 6.45) is 7.58. The molecule has 0 N–H and O–H groups in total. The van der Waals surface area contributed by atoms with Crippen molar-refractivity contribution in [2.24, 2.45) is 4.99 Å². The van der Waals surface area contributed by atoms with Crippen LogP contribution in [-0.2, 0) is 6.42 Å². The Bertz CT molecular complexity index is 967. The number of allylic oxidation sites excluding steroid dienone is 1. The molecule has 0 atom stereocenters. The second-order valence-corrected chi connectivity index (χ2v) is 6.45. The van der Waals surface area contributed by atoms with Crippen molar-refractivity contribution in [3.8, 4) is 11.1 Å². The lowest BCUT2D eigenvalue weighted by Crippen LogP contribution is -2.00. The third-order valence-electron chi connectivity index (χ3n) is 4.46. The molecule has 0 bridgehead atoms. The zero-order valence-electron chi connectivity index (χ0n) is 14.3. The van der Waals surface area contributed by atoms with Crippen LogP contribution < -0.4 is 0 Å². The molecule has 1 aliphatic rings. The molecule has 0 spiro atoms. The Kier molecular flexibility index (Phi) is 4.26. The Morgan fingerprint density at radius 2 is 1.72 bits per heavy atom. The van der Waals surface area contributed by atoms with Crippen molar-refractivity contribution in [2.45, 2.75) is 19.8 Å². The maximum atomic E-state index is 4.55. The maximum absolute atomic E-state index is 4.55. The van der Waals surface area contributed by atoms with Crippen molar-refractivity contribution in [1.82, 2.24) is 4.98 Å². The van der Waals surface area contributed by atoms with Gasteiger partial charge in [0.25, 0.3) is 0 Å². The summed E-state index contributed by atoms with van der Waals surface area (Å²) >= 11 is 0. The van der Waals surface area contributed by atoms with E-state index in [4.69, 9.17) is 0 Å². The van der Waals surface area contributed by atoms with Crippen molar-refractivity contribution in [3.05, 3.63) is 102 Å². The summed E-state index contributed by atoms with van der Waals surface area (Å²) < 4.78 is 0. The standard InChI is InChI=1S/C23H20N2/c1-17-5-2-7-19(13-17)20-8-3-6-18(14-20)15-22-16-21(10-12-24-22)23-9-4-11-25-23/h2-8,10-14,16H,9,15H2,1H3. The highest BCUT2D eigenvalue weighted by molar-refractivity contribution is 6.03. The number of benzene rings is 2. The van der Waals surface area contributed by atoms with Gasteiger partial charge < -0.3 is 0 Å². The molecule has 2 nitrogen and oxygen atoms in total. The minimum atomic E-state index is 0.828. The first-order valence-corrected chi connectivity index (χ1v) is 8.61. The first kappa shape index (κ1) is 15.5. The van der Waals surface area contributed by atoms with E-state index in [1.807, 2.05) is 18.5 Å². The third-order valence-corrected chi connectivity index (χ3v) is 4.46. The van der Waals surface area contributed by atoms with Crippen LogP contribution in [0.1, 0.15) is 28.8 Å². The van der Waals surface area contributed by atoms with E-state index in [0.717, 1.165) is 24.2 Å². The Hall–Kier alpha value is -3.00. The van der Waals surface area contributed by atoms with Crippen molar-refractivity contribution in [1.29, 1.82) is 0 Å². The average Bonchev–Trinajstić information content (AvgIpc) is 3.17. The molecule has 2 heteroatoms. The van der Waals surface area contributed by atoms with E-state index >= 15 is 0 Å². The number of rotatable bonds is 4. The van der Waals surface area contributed by atoms with Crippen molar-refractivity contribution in [2.75, 3.05) is 0 Å². The van der Waals surface area contributed by atoms with Crippen LogP contribution in [0.2, 0.25) is 0 Å². The fraction of sp³-hybridized carbons (Fsp3) is 0.130. The summed E-state index contributed by atoms with van der Waals surface area (Å²) in [5, 5.41) is 0. The highest BCUT2D eigenvalue weighted by atomic mass is 14.7. The van der Waals surface area contributed by atoms with Gasteiger partial charge in [-0.1, -0.05) is 60.2 Å². The largest absolute Gasteiger partial charge is 0.261 e. The number of aromatic nitrogens is 1. The fourth-order valence-electron chi connectivity index (χ4n) is 3.20. The summed E-state index contributed by atoms with van der Waals surface area (Å²) in [6, 6.07) is 21.5. The molecule has 25 heavy (non-hydrogen) atoms. The number of hydrogen-bond donors (Lipinski definition) is 0. The predicted molar refractivity (Wildman–Crippen MR) is 104 cm³/mol. The van der Waals surface area contributed by atoms with Gasteiger partial charge >= 0.3 is 0 Å². The van der Waals surface area contributed by atoms with E-state index < -0.39 is 0 Å². The summed E-state index contributed by atoms with van der Waals surface area (Å²) in [5.74, 6) is 0. The second-order valence-electron chi connectivity index (χ2n) is 6.45. The number of aliphatic imine (C=N–C) groups is 1. The Labute approximate surface area is 148 Å². The number of pyridine rings is 1. The molecule has 1 aromatic heterocycles. The van der Waals surface area contributed by atoms with Crippen LogP contribution in [0.3, 0.4) is 0 Å². The van der Waals surface area contributed by atoms with Gasteiger partial charge in [0.05, 0.1) is 5.71 Å². The molecular weight excluding hydrogens is 304 g/mol. The molecule has 122 valence electrons. The Balaban J connectivity index is 1.59. The minimum Gasteiger partial charge on any atom is -0.261 e. The monoisotopic (exact) mass is 324 g/mol. The molecule has 4 rings (SSSR count). The highest BCUT2D eigenvalue weighted by Crippen LogP contribution is 2.22. The number of nitrogens with zero attached hydrogens (tertiary/aromatic N) is 2. The molecule has 0 radical (unpaired) electrons. The van der Waals surface area contributed by atoms with Crippen LogP contribution in [0.15, 0.2) is 84.1 Å². The van der Waals surface area contributed by atoms with Crippen LogP contribution >= 0.6 is 0 Å². The third kappa shape index (κ3) is 3.58. The maximum Gasteiger partial charge on any atom is 0.0515 e. The van der Waals surface area contributed by atoms with Crippen molar-refractivity contribution >= 4 is 5.71 Å². The van der Waals surface area contributed by atoms with E-state index in [-0.39, 0.29) is 0 Å². The molecule has 2 aromatic carbocycles. The van der Waals surface area contributed by atoms with Gasteiger partial charge in [0, 0.05) is 30.9 Å². The average molecular weight is 324 g/mol. The normalized spacial score (nSPS) is 13.1. The molecule has 0 fully saturated rings. The van der Waals surface area contributed by atoms with E-state index in [1.54, 1.807) is 0 Å². The molecule has 1 aliphatic heterocycles. The molecular formula is C23H20N2. The number of hydrogen-bond acceptors (Lipinski definition) is 2. The lowest BCUT2D eigenvalue weighted by molar-refractivity contribution is 1.07. The molecule has 2 heterocycles. The molecule has 0 saturated carbocycles. The molecule has 0 aliphatic carbocycles. The highest BCUT2D eigenvalue weighted by Gasteiger charge is 2.07. The fourth-order valence-corrected chi connectivity index (χ4v) is 3.20.